The molecule has 1 N–H and O–H groups in total. The van der Waals surface area contributed by atoms with Gasteiger partial charge in [-0.15, -0.1) is 0 Å². The van der Waals surface area contributed by atoms with Gasteiger partial charge in [0.1, 0.15) is 5.75 Å². The third-order valence-corrected chi connectivity index (χ3v) is 4.34. The van der Waals surface area contributed by atoms with Crippen LogP contribution in [0.2, 0.25) is 0 Å². The fraction of sp³-hybridized carbons (Fsp3) is 0.0714. The molecule has 2 rings (SSSR count). The first-order chi connectivity index (χ1) is 9.51. The standard InChI is InChI=1S/C14H14N2O3S/c1-16(15-11-12-7-5-6-10-14(12)17)20(18,19)13-8-3-2-4-9-13/h2-11,17H,1H3/b15-11+. The molecule has 0 spiro atoms. The van der Waals surface area contributed by atoms with Gasteiger partial charge in [0.25, 0.3) is 10.0 Å². The van der Waals surface area contributed by atoms with Gasteiger partial charge in [0.05, 0.1) is 11.1 Å². The highest BCUT2D eigenvalue weighted by atomic mass is 32.2. The van der Waals surface area contributed by atoms with Crippen LogP contribution in [0.5, 0.6) is 5.75 Å². The molecule has 5 nitrogen and oxygen atoms in total. The maximum absolute atomic E-state index is 12.2. The Morgan fingerprint density at radius 1 is 1.05 bits per heavy atom. The molecule has 0 heterocycles. The predicted molar refractivity (Wildman–Crippen MR) is 77.1 cm³/mol. The van der Waals surface area contributed by atoms with Gasteiger partial charge in [-0.25, -0.2) is 0 Å². The van der Waals surface area contributed by atoms with Gasteiger partial charge in [-0.1, -0.05) is 30.3 Å². The highest BCUT2D eigenvalue weighted by Crippen LogP contribution is 2.16. The minimum Gasteiger partial charge on any atom is -0.507 e. The van der Waals surface area contributed by atoms with Crippen molar-refractivity contribution < 1.29 is 13.5 Å². The summed E-state index contributed by atoms with van der Waals surface area (Å²) in [5.74, 6) is 0.0433. The maximum Gasteiger partial charge on any atom is 0.278 e. The molecule has 0 saturated heterocycles. The summed E-state index contributed by atoms with van der Waals surface area (Å²) in [4.78, 5) is 0.164. The number of hydrazone groups is 1. The van der Waals surface area contributed by atoms with E-state index in [1.807, 2.05) is 0 Å². The molecule has 0 aliphatic carbocycles. The molecule has 0 aromatic heterocycles. The van der Waals surface area contributed by atoms with E-state index in [0.717, 1.165) is 4.41 Å². The summed E-state index contributed by atoms with van der Waals surface area (Å²) in [7, 11) is -2.32. The van der Waals surface area contributed by atoms with Crippen LogP contribution < -0.4 is 0 Å². The third kappa shape index (κ3) is 2.97. The number of para-hydroxylation sites is 1. The lowest BCUT2D eigenvalue weighted by Crippen LogP contribution is -2.21. The lowest BCUT2D eigenvalue weighted by molar-refractivity contribution is 0.473. The summed E-state index contributed by atoms with van der Waals surface area (Å²) >= 11 is 0. The number of hydrogen-bond acceptors (Lipinski definition) is 4. The SMILES string of the molecule is CN(/N=C/c1ccccc1O)S(=O)(=O)c1ccccc1. The fourth-order valence-electron chi connectivity index (χ4n) is 1.55. The average molecular weight is 290 g/mol. The monoisotopic (exact) mass is 290 g/mol. The molecular weight excluding hydrogens is 276 g/mol. The highest BCUT2D eigenvalue weighted by Gasteiger charge is 2.18. The number of hydrogen-bond donors (Lipinski definition) is 1. The molecule has 0 atom stereocenters. The molecule has 0 amide bonds. The Labute approximate surface area is 117 Å². The van der Waals surface area contributed by atoms with E-state index in [1.54, 1.807) is 36.4 Å². The van der Waals surface area contributed by atoms with Crippen molar-refractivity contribution in [2.45, 2.75) is 4.90 Å². The van der Waals surface area contributed by atoms with Crippen LogP contribution in [0.15, 0.2) is 64.6 Å². The van der Waals surface area contributed by atoms with E-state index in [2.05, 4.69) is 5.10 Å². The second kappa shape index (κ2) is 5.75. The first-order valence-electron chi connectivity index (χ1n) is 5.88. The van der Waals surface area contributed by atoms with E-state index >= 15 is 0 Å². The third-order valence-electron chi connectivity index (χ3n) is 2.69. The van der Waals surface area contributed by atoms with E-state index in [0.29, 0.717) is 5.56 Å². The minimum atomic E-state index is -3.67. The molecule has 0 aliphatic rings. The number of phenols is 1. The molecule has 0 bridgehead atoms. The van der Waals surface area contributed by atoms with Gasteiger partial charge in [0.2, 0.25) is 0 Å². The molecule has 2 aromatic carbocycles. The van der Waals surface area contributed by atoms with Crippen molar-refractivity contribution in [3.05, 3.63) is 60.2 Å². The van der Waals surface area contributed by atoms with Crippen LogP contribution in [0.4, 0.5) is 0 Å². The summed E-state index contributed by atoms with van der Waals surface area (Å²) in [6, 6.07) is 14.6. The van der Waals surface area contributed by atoms with Crippen LogP contribution >= 0.6 is 0 Å². The second-order valence-electron chi connectivity index (χ2n) is 4.06. The minimum absolute atomic E-state index is 0.0433. The first-order valence-corrected chi connectivity index (χ1v) is 7.32. The quantitative estimate of drug-likeness (QED) is 0.692. The normalized spacial score (nSPS) is 11.7. The van der Waals surface area contributed by atoms with E-state index in [-0.39, 0.29) is 10.6 Å². The Morgan fingerprint density at radius 3 is 2.30 bits per heavy atom. The van der Waals surface area contributed by atoms with Crippen LogP contribution in [-0.4, -0.2) is 31.2 Å². The maximum atomic E-state index is 12.2. The molecule has 2 aromatic rings. The van der Waals surface area contributed by atoms with Gasteiger partial charge >= 0.3 is 0 Å². The average Bonchev–Trinajstić information content (AvgIpc) is 2.47. The van der Waals surface area contributed by atoms with Crippen molar-refractivity contribution in [3.8, 4) is 5.75 Å². The van der Waals surface area contributed by atoms with E-state index < -0.39 is 10.0 Å². The zero-order valence-corrected chi connectivity index (χ0v) is 11.7. The van der Waals surface area contributed by atoms with Crippen LogP contribution in [0.25, 0.3) is 0 Å². The highest BCUT2D eigenvalue weighted by molar-refractivity contribution is 7.89. The molecule has 0 aliphatic heterocycles. The second-order valence-corrected chi connectivity index (χ2v) is 6.01. The summed E-state index contributed by atoms with van der Waals surface area (Å²) < 4.78 is 25.2. The van der Waals surface area contributed by atoms with Crippen molar-refractivity contribution in [1.29, 1.82) is 0 Å². The Bertz CT molecular complexity index is 712. The van der Waals surface area contributed by atoms with Gasteiger partial charge in [0, 0.05) is 12.6 Å². The topological polar surface area (TPSA) is 70.0 Å². The van der Waals surface area contributed by atoms with Crippen LogP contribution in [0.1, 0.15) is 5.56 Å². The molecule has 0 fully saturated rings. The van der Waals surface area contributed by atoms with Gasteiger partial charge in [-0.05, 0) is 24.3 Å². The van der Waals surface area contributed by atoms with Crippen molar-refractivity contribution >= 4 is 16.2 Å². The Hall–Kier alpha value is -2.34. The van der Waals surface area contributed by atoms with Crippen molar-refractivity contribution in [2.75, 3.05) is 7.05 Å². The smallest absolute Gasteiger partial charge is 0.278 e. The predicted octanol–water partition coefficient (Wildman–Crippen LogP) is 2.05. The van der Waals surface area contributed by atoms with Crippen molar-refractivity contribution in [3.63, 3.8) is 0 Å². The molecule has 20 heavy (non-hydrogen) atoms. The Morgan fingerprint density at radius 2 is 1.65 bits per heavy atom. The van der Waals surface area contributed by atoms with Crippen LogP contribution in [0, 0.1) is 0 Å². The van der Waals surface area contributed by atoms with Crippen LogP contribution in [0.3, 0.4) is 0 Å². The number of benzene rings is 2. The van der Waals surface area contributed by atoms with Gasteiger partial charge in [-0.3, -0.25) is 0 Å². The van der Waals surface area contributed by atoms with E-state index in [9.17, 15) is 13.5 Å². The van der Waals surface area contributed by atoms with Crippen LogP contribution in [-0.2, 0) is 10.0 Å². The molecule has 0 radical (unpaired) electrons. The number of phenolic OH excluding ortho intramolecular Hbond substituents is 1. The van der Waals surface area contributed by atoms with E-state index in [4.69, 9.17) is 0 Å². The fourth-order valence-corrected chi connectivity index (χ4v) is 2.52. The molecule has 0 unspecified atom stereocenters. The summed E-state index contributed by atoms with van der Waals surface area (Å²) in [5, 5.41) is 13.4. The van der Waals surface area contributed by atoms with E-state index in [1.165, 1.54) is 31.5 Å². The van der Waals surface area contributed by atoms with Crippen molar-refractivity contribution in [1.82, 2.24) is 4.41 Å². The first kappa shape index (κ1) is 14.1. The lowest BCUT2D eigenvalue weighted by Gasteiger charge is -2.13. The molecule has 6 heteroatoms. The zero-order chi connectivity index (χ0) is 14.6. The van der Waals surface area contributed by atoms with Gasteiger partial charge in [0.15, 0.2) is 0 Å². The zero-order valence-electron chi connectivity index (χ0n) is 10.8. The summed E-state index contributed by atoms with van der Waals surface area (Å²) in [6.45, 7) is 0. The van der Waals surface area contributed by atoms with Crippen molar-refractivity contribution in [2.24, 2.45) is 5.10 Å². The number of rotatable bonds is 4. The number of aromatic hydroxyl groups is 1. The molecular formula is C14H14N2O3S. The summed E-state index contributed by atoms with van der Waals surface area (Å²) in [5.41, 5.74) is 0.447. The number of sulfonamides is 1. The largest absolute Gasteiger partial charge is 0.507 e. The summed E-state index contributed by atoms with van der Waals surface area (Å²) in [6.07, 6.45) is 1.30. The lowest BCUT2D eigenvalue weighted by atomic mass is 10.2. The number of nitrogens with zero attached hydrogens (tertiary/aromatic N) is 2. The Kier molecular flexibility index (Phi) is 4.05. The molecule has 0 saturated carbocycles. The molecule has 104 valence electrons. The van der Waals surface area contributed by atoms with Gasteiger partial charge in [-0.2, -0.15) is 17.9 Å². The Balaban J connectivity index is 2.25. The van der Waals surface area contributed by atoms with Gasteiger partial charge < -0.3 is 5.11 Å².